The van der Waals surface area contributed by atoms with Crippen molar-refractivity contribution in [2.24, 2.45) is 5.41 Å². The lowest BCUT2D eigenvalue weighted by atomic mass is 9.89. The summed E-state index contributed by atoms with van der Waals surface area (Å²) in [5.74, 6) is 1.09. The van der Waals surface area contributed by atoms with Crippen molar-refractivity contribution >= 4 is 17.4 Å². The zero-order valence-corrected chi connectivity index (χ0v) is 11.4. The lowest BCUT2D eigenvalue weighted by Gasteiger charge is -2.14. The van der Waals surface area contributed by atoms with Crippen molar-refractivity contribution < 1.29 is 0 Å². The maximum absolute atomic E-state index is 8.89. The number of nitriles is 1. The average molecular weight is 248 g/mol. The quantitative estimate of drug-likeness (QED) is 0.469. The van der Waals surface area contributed by atoms with Gasteiger partial charge < -0.3 is 5.73 Å². The van der Waals surface area contributed by atoms with Gasteiger partial charge in [0.25, 0.3) is 0 Å². The number of nitrogen functional groups attached to an aromatic ring is 1. The highest BCUT2D eigenvalue weighted by Gasteiger charge is 2.15. The molecule has 2 N–H and O–H groups in total. The average Bonchev–Trinajstić information content (AvgIpc) is 2.29. The van der Waals surface area contributed by atoms with Gasteiger partial charge in [-0.3, -0.25) is 0 Å². The smallest absolute Gasteiger partial charge is 0.0683 e. The molecule has 1 rings (SSSR count). The molecule has 0 aromatic heterocycles. The molecule has 17 heavy (non-hydrogen) atoms. The minimum absolute atomic E-state index is 0.179. The SMILES string of the molecule is CC(C)(C#N)CCCCSc1cccc(N)c1. The fraction of sp³-hybridized carbons (Fsp3) is 0.500. The summed E-state index contributed by atoms with van der Waals surface area (Å²) < 4.78 is 0. The molecule has 0 bridgehead atoms. The van der Waals surface area contributed by atoms with Gasteiger partial charge in [0.15, 0.2) is 0 Å². The number of nitrogens with two attached hydrogens (primary N) is 1. The molecule has 2 nitrogen and oxygen atoms in total. The van der Waals surface area contributed by atoms with Crippen molar-refractivity contribution in [3.8, 4) is 6.07 Å². The second-order valence-corrected chi connectivity index (χ2v) is 6.04. The third kappa shape index (κ3) is 5.65. The van der Waals surface area contributed by atoms with E-state index in [1.165, 1.54) is 4.90 Å². The van der Waals surface area contributed by atoms with Crippen molar-refractivity contribution in [1.29, 1.82) is 5.26 Å². The Balaban J connectivity index is 2.19. The van der Waals surface area contributed by atoms with Crippen molar-refractivity contribution in [3.05, 3.63) is 24.3 Å². The summed E-state index contributed by atoms with van der Waals surface area (Å²) in [5, 5.41) is 8.89. The maximum Gasteiger partial charge on any atom is 0.0683 e. The molecule has 0 heterocycles. The van der Waals surface area contributed by atoms with Crippen LogP contribution in [0.25, 0.3) is 0 Å². The number of anilines is 1. The summed E-state index contributed by atoms with van der Waals surface area (Å²) in [6.07, 6.45) is 3.22. The molecule has 0 radical (unpaired) electrons. The Bertz CT molecular complexity index is 393. The summed E-state index contributed by atoms with van der Waals surface area (Å²) in [7, 11) is 0. The van der Waals surface area contributed by atoms with E-state index >= 15 is 0 Å². The van der Waals surface area contributed by atoms with E-state index in [9.17, 15) is 0 Å². The fourth-order valence-corrected chi connectivity index (χ4v) is 2.50. The van der Waals surface area contributed by atoms with Gasteiger partial charge in [0, 0.05) is 10.6 Å². The number of rotatable bonds is 6. The molecule has 0 saturated carbocycles. The van der Waals surface area contributed by atoms with E-state index in [4.69, 9.17) is 11.0 Å². The molecule has 0 saturated heterocycles. The zero-order chi connectivity index (χ0) is 12.7. The molecule has 0 aliphatic rings. The first-order valence-electron chi connectivity index (χ1n) is 5.93. The number of nitrogens with zero attached hydrogens (tertiary/aromatic N) is 1. The molecule has 0 aliphatic heterocycles. The van der Waals surface area contributed by atoms with Crippen molar-refractivity contribution in [1.82, 2.24) is 0 Å². The zero-order valence-electron chi connectivity index (χ0n) is 10.6. The first kappa shape index (κ1) is 13.9. The van der Waals surface area contributed by atoms with Crippen LogP contribution in [0.4, 0.5) is 5.69 Å². The maximum atomic E-state index is 8.89. The molecule has 1 aromatic rings. The van der Waals surface area contributed by atoms with Crippen LogP contribution in [0.15, 0.2) is 29.2 Å². The minimum atomic E-state index is -0.179. The van der Waals surface area contributed by atoms with Crippen LogP contribution in [0.3, 0.4) is 0 Å². The van der Waals surface area contributed by atoms with Gasteiger partial charge in [-0.05, 0) is 50.6 Å². The Hall–Kier alpha value is -1.14. The number of benzene rings is 1. The molecule has 0 fully saturated rings. The molecule has 3 heteroatoms. The van der Waals surface area contributed by atoms with E-state index in [0.29, 0.717) is 0 Å². The van der Waals surface area contributed by atoms with E-state index in [0.717, 1.165) is 30.7 Å². The molecule has 0 spiro atoms. The van der Waals surface area contributed by atoms with Crippen molar-refractivity contribution in [3.63, 3.8) is 0 Å². The Morgan fingerprint density at radius 2 is 2.12 bits per heavy atom. The summed E-state index contributed by atoms with van der Waals surface area (Å²) >= 11 is 1.83. The van der Waals surface area contributed by atoms with E-state index in [-0.39, 0.29) is 5.41 Å². The lowest BCUT2D eigenvalue weighted by molar-refractivity contribution is 0.433. The van der Waals surface area contributed by atoms with E-state index < -0.39 is 0 Å². The number of thioether (sulfide) groups is 1. The topological polar surface area (TPSA) is 49.8 Å². The third-order valence-corrected chi connectivity index (χ3v) is 3.71. The summed E-state index contributed by atoms with van der Waals surface area (Å²) in [6, 6.07) is 10.3. The van der Waals surface area contributed by atoms with Crippen LogP contribution >= 0.6 is 11.8 Å². The van der Waals surface area contributed by atoms with E-state index in [1.54, 1.807) is 0 Å². The highest BCUT2D eigenvalue weighted by atomic mass is 32.2. The van der Waals surface area contributed by atoms with Crippen LogP contribution < -0.4 is 5.73 Å². The second kappa shape index (κ2) is 6.56. The molecule has 0 amide bonds. The number of unbranched alkanes of at least 4 members (excludes halogenated alkanes) is 1. The van der Waals surface area contributed by atoms with Crippen LogP contribution in [0.1, 0.15) is 33.1 Å². The summed E-state index contributed by atoms with van der Waals surface area (Å²) in [6.45, 7) is 4.00. The Morgan fingerprint density at radius 1 is 1.35 bits per heavy atom. The molecule has 0 aliphatic carbocycles. The second-order valence-electron chi connectivity index (χ2n) is 4.87. The van der Waals surface area contributed by atoms with Gasteiger partial charge in [0.2, 0.25) is 0 Å². The number of hydrogen-bond acceptors (Lipinski definition) is 3. The minimum Gasteiger partial charge on any atom is -0.399 e. The highest BCUT2D eigenvalue weighted by molar-refractivity contribution is 7.99. The van der Waals surface area contributed by atoms with Crippen LogP contribution in [-0.2, 0) is 0 Å². The van der Waals surface area contributed by atoms with Gasteiger partial charge in [-0.15, -0.1) is 11.8 Å². The van der Waals surface area contributed by atoms with Crippen molar-refractivity contribution in [2.45, 2.75) is 38.0 Å². The standard InChI is InChI=1S/C14H20N2S/c1-14(2,11-15)8-3-4-9-17-13-7-5-6-12(16)10-13/h5-7,10H,3-4,8-9,16H2,1-2H3. The van der Waals surface area contributed by atoms with Crippen LogP contribution in [0.2, 0.25) is 0 Å². The van der Waals surface area contributed by atoms with Crippen LogP contribution in [-0.4, -0.2) is 5.75 Å². The van der Waals surface area contributed by atoms with Crippen LogP contribution in [0, 0.1) is 16.7 Å². The predicted molar refractivity (Wildman–Crippen MR) is 74.8 cm³/mol. The summed E-state index contributed by atoms with van der Waals surface area (Å²) in [4.78, 5) is 1.23. The normalized spacial score (nSPS) is 11.1. The highest BCUT2D eigenvalue weighted by Crippen LogP contribution is 2.25. The predicted octanol–water partition coefficient (Wildman–Crippen LogP) is 4.08. The molecule has 0 unspecified atom stereocenters. The Labute approximate surface area is 108 Å². The monoisotopic (exact) mass is 248 g/mol. The van der Waals surface area contributed by atoms with Gasteiger partial charge in [-0.1, -0.05) is 12.5 Å². The van der Waals surface area contributed by atoms with Gasteiger partial charge in [-0.2, -0.15) is 5.26 Å². The molecular formula is C14H20N2S. The Morgan fingerprint density at radius 3 is 2.76 bits per heavy atom. The first-order valence-corrected chi connectivity index (χ1v) is 6.92. The van der Waals surface area contributed by atoms with E-state index in [2.05, 4.69) is 12.1 Å². The summed E-state index contributed by atoms with van der Waals surface area (Å²) in [5.41, 5.74) is 6.36. The first-order chi connectivity index (χ1) is 8.03. The molecule has 0 atom stereocenters. The number of hydrogen-bond donors (Lipinski definition) is 1. The lowest BCUT2D eigenvalue weighted by Crippen LogP contribution is -2.07. The molecule has 1 aromatic carbocycles. The van der Waals surface area contributed by atoms with Gasteiger partial charge in [-0.25, -0.2) is 0 Å². The van der Waals surface area contributed by atoms with Gasteiger partial charge >= 0.3 is 0 Å². The van der Waals surface area contributed by atoms with E-state index in [1.807, 2.05) is 43.8 Å². The third-order valence-electron chi connectivity index (χ3n) is 2.63. The Kier molecular flexibility index (Phi) is 5.37. The largest absolute Gasteiger partial charge is 0.399 e. The molecular weight excluding hydrogens is 228 g/mol. The van der Waals surface area contributed by atoms with Gasteiger partial charge in [0.05, 0.1) is 11.5 Å². The fourth-order valence-electron chi connectivity index (χ4n) is 1.52. The van der Waals surface area contributed by atoms with Gasteiger partial charge in [0.1, 0.15) is 0 Å². The van der Waals surface area contributed by atoms with Crippen LogP contribution in [0.5, 0.6) is 0 Å². The molecule has 92 valence electrons. The van der Waals surface area contributed by atoms with Crippen molar-refractivity contribution in [2.75, 3.05) is 11.5 Å².